The molecule has 0 aromatic heterocycles. The van der Waals surface area contributed by atoms with Crippen molar-refractivity contribution in [3.8, 4) is 0 Å². The minimum absolute atomic E-state index is 0.107. The van der Waals surface area contributed by atoms with Crippen molar-refractivity contribution in [1.82, 2.24) is 21.3 Å². The van der Waals surface area contributed by atoms with Crippen molar-refractivity contribution in [2.24, 2.45) is 11.8 Å². The molecule has 2 aromatic carbocycles. The van der Waals surface area contributed by atoms with Crippen molar-refractivity contribution in [3.63, 3.8) is 0 Å². The van der Waals surface area contributed by atoms with E-state index in [1.165, 1.54) is 0 Å². The summed E-state index contributed by atoms with van der Waals surface area (Å²) >= 11 is 0. The van der Waals surface area contributed by atoms with E-state index in [1.807, 2.05) is 88.4 Å². The molecule has 0 spiro atoms. The van der Waals surface area contributed by atoms with Gasteiger partial charge in [0.25, 0.3) is 0 Å². The third-order valence-corrected chi connectivity index (χ3v) is 5.82. The van der Waals surface area contributed by atoms with Gasteiger partial charge < -0.3 is 30.7 Å². The Kier molecular flexibility index (Phi) is 13.3. The average Bonchev–Trinajstić information content (AvgIpc) is 2.92. The van der Waals surface area contributed by atoms with Gasteiger partial charge in [0, 0.05) is 13.1 Å². The van der Waals surface area contributed by atoms with E-state index >= 15 is 0 Å². The summed E-state index contributed by atoms with van der Waals surface area (Å²) in [7, 11) is 0. The van der Waals surface area contributed by atoms with Gasteiger partial charge in [0.05, 0.1) is 0 Å². The molecule has 0 bridgehead atoms. The number of hydrogen-bond acceptors (Lipinski definition) is 6. The molecular weight excluding hydrogens is 500 g/mol. The first-order valence-electron chi connectivity index (χ1n) is 13.2. The molecule has 0 heterocycles. The van der Waals surface area contributed by atoms with E-state index in [9.17, 15) is 19.2 Å². The van der Waals surface area contributed by atoms with E-state index in [2.05, 4.69) is 21.3 Å². The maximum absolute atomic E-state index is 12.6. The van der Waals surface area contributed by atoms with Crippen LogP contribution >= 0.6 is 0 Å². The van der Waals surface area contributed by atoms with Gasteiger partial charge in [-0.3, -0.25) is 9.59 Å². The molecule has 0 radical (unpaired) electrons. The molecule has 10 heteroatoms. The normalized spacial score (nSPS) is 12.3. The molecule has 4 N–H and O–H groups in total. The zero-order valence-electron chi connectivity index (χ0n) is 23.1. The zero-order valence-corrected chi connectivity index (χ0v) is 23.1. The molecule has 2 aromatic rings. The zero-order chi connectivity index (χ0) is 28.6. The Balaban J connectivity index is 1.70. The average molecular weight is 541 g/mol. The van der Waals surface area contributed by atoms with Gasteiger partial charge in [0.2, 0.25) is 11.8 Å². The van der Waals surface area contributed by atoms with Crippen LogP contribution in [-0.2, 0) is 32.3 Å². The fourth-order valence-electron chi connectivity index (χ4n) is 3.58. The number of amides is 4. The van der Waals surface area contributed by atoms with Crippen LogP contribution in [-0.4, -0.2) is 49.2 Å². The van der Waals surface area contributed by atoms with Gasteiger partial charge in [-0.05, 0) is 29.4 Å². The first-order chi connectivity index (χ1) is 18.7. The molecule has 212 valence electrons. The van der Waals surface area contributed by atoms with Gasteiger partial charge in [0.15, 0.2) is 0 Å². The number of hydrogen-bond donors (Lipinski definition) is 4. The molecule has 10 nitrogen and oxygen atoms in total. The van der Waals surface area contributed by atoms with Gasteiger partial charge in [-0.2, -0.15) is 0 Å². The fourth-order valence-corrected chi connectivity index (χ4v) is 3.58. The number of benzene rings is 2. The van der Waals surface area contributed by atoms with E-state index < -0.39 is 24.3 Å². The van der Waals surface area contributed by atoms with Crippen molar-refractivity contribution in [1.29, 1.82) is 0 Å². The van der Waals surface area contributed by atoms with Crippen molar-refractivity contribution in [2.75, 3.05) is 13.1 Å². The lowest BCUT2D eigenvalue weighted by molar-refractivity contribution is -0.124. The maximum Gasteiger partial charge on any atom is 0.408 e. The highest BCUT2D eigenvalue weighted by Gasteiger charge is 2.26. The summed E-state index contributed by atoms with van der Waals surface area (Å²) in [5, 5.41) is 10.8. The highest BCUT2D eigenvalue weighted by molar-refractivity contribution is 5.86. The number of carbonyl (C=O) groups excluding carboxylic acids is 4. The molecule has 0 unspecified atom stereocenters. The van der Waals surface area contributed by atoms with E-state index in [4.69, 9.17) is 9.47 Å². The van der Waals surface area contributed by atoms with Crippen LogP contribution in [0.3, 0.4) is 0 Å². The highest BCUT2D eigenvalue weighted by atomic mass is 16.6. The summed E-state index contributed by atoms with van der Waals surface area (Å²) in [6, 6.07) is 17.0. The number of nitrogens with one attached hydrogen (secondary N) is 4. The Morgan fingerprint density at radius 3 is 1.31 bits per heavy atom. The standard InChI is InChI=1S/C29H40N4O6/c1-20(2)24(32-28(36)38-18-22-12-7-5-8-13-22)26(34)30-16-11-17-31-27(35)25(21(3)4)33-29(37)39-19-23-14-9-6-10-15-23/h5-10,12-15,20-21,24-25H,11,16-19H2,1-4H3,(H,30,34)(H,31,35)(H,32,36)(H,33,37)/t24-,25-/m0/s1. The summed E-state index contributed by atoms with van der Waals surface area (Å²) in [4.78, 5) is 49.7. The van der Waals surface area contributed by atoms with Gasteiger partial charge in [-0.15, -0.1) is 0 Å². The van der Waals surface area contributed by atoms with Crippen LogP contribution in [0.1, 0.15) is 45.2 Å². The van der Waals surface area contributed by atoms with E-state index in [-0.39, 0.29) is 36.9 Å². The van der Waals surface area contributed by atoms with Crippen molar-refractivity contribution >= 4 is 24.0 Å². The summed E-state index contributed by atoms with van der Waals surface area (Å²) in [6.07, 6.45) is -0.881. The predicted molar refractivity (Wildman–Crippen MR) is 147 cm³/mol. The van der Waals surface area contributed by atoms with E-state index in [0.717, 1.165) is 11.1 Å². The molecule has 39 heavy (non-hydrogen) atoms. The molecule has 4 amide bonds. The predicted octanol–water partition coefficient (Wildman–Crippen LogP) is 3.51. The summed E-state index contributed by atoms with van der Waals surface area (Å²) in [5.74, 6) is -0.992. The molecule has 0 saturated heterocycles. The summed E-state index contributed by atoms with van der Waals surface area (Å²) in [5.41, 5.74) is 1.69. The Hall–Kier alpha value is -4.08. The molecule has 0 aliphatic heterocycles. The second-order valence-corrected chi connectivity index (χ2v) is 9.79. The molecule has 0 aliphatic rings. The Morgan fingerprint density at radius 1 is 0.615 bits per heavy atom. The van der Waals surface area contributed by atoms with Crippen molar-refractivity contribution in [2.45, 2.75) is 59.4 Å². The second kappa shape index (κ2) is 16.7. The quantitative estimate of drug-likeness (QED) is 0.271. The third-order valence-electron chi connectivity index (χ3n) is 5.82. The number of rotatable bonds is 14. The van der Waals surface area contributed by atoms with Crippen LogP contribution < -0.4 is 21.3 Å². The van der Waals surface area contributed by atoms with Gasteiger partial charge >= 0.3 is 12.2 Å². The molecular formula is C29H40N4O6. The van der Waals surface area contributed by atoms with Crippen LogP contribution in [0.4, 0.5) is 9.59 Å². The van der Waals surface area contributed by atoms with Crippen LogP contribution in [0.2, 0.25) is 0 Å². The summed E-state index contributed by atoms with van der Waals surface area (Å²) < 4.78 is 10.4. The maximum atomic E-state index is 12.6. The van der Waals surface area contributed by atoms with Crippen LogP contribution in [0.25, 0.3) is 0 Å². The van der Waals surface area contributed by atoms with Crippen LogP contribution in [0.15, 0.2) is 60.7 Å². The van der Waals surface area contributed by atoms with Crippen molar-refractivity contribution < 1.29 is 28.7 Å². The fraction of sp³-hybridized carbons (Fsp3) is 0.448. The Labute approximate surface area is 230 Å². The third kappa shape index (κ3) is 11.9. The Bertz CT molecular complexity index is 963. The lowest BCUT2D eigenvalue weighted by Gasteiger charge is -2.22. The molecule has 2 atom stereocenters. The second-order valence-electron chi connectivity index (χ2n) is 9.79. The van der Waals surface area contributed by atoms with Gasteiger partial charge in [0.1, 0.15) is 25.3 Å². The highest BCUT2D eigenvalue weighted by Crippen LogP contribution is 2.06. The minimum Gasteiger partial charge on any atom is -0.445 e. The van der Waals surface area contributed by atoms with E-state index in [1.54, 1.807) is 0 Å². The minimum atomic E-state index is -0.765. The molecule has 2 rings (SSSR count). The smallest absolute Gasteiger partial charge is 0.408 e. The largest absolute Gasteiger partial charge is 0.445 e. The SMILES string of the molecule is CC(C)[C@H](NC(=O)OCc1ccccc1)C(=O)NCCCNC(=O)[C@@H](NC(=O)OCc1ccccc1)C(C)C. The molecule has 0 saturated carbocycles. The van der Waals surface area contributed by atoms with Crippen LogP contribution in [0, 0.1) is 11.8 Å². The monoisotopic (exact) mass is 540 g/mol. The number of carbonyl (C=O) groups is 4. The Morgan fingerprint density at radius 2 is 0.974 bits per heavy atom. The van der Waals surface area contributed by atoms with Gasteiger partial charge in [-0.25, -0.2) is 9.59 Å². The summed E-state index contributed by atoms with van der Waals surface area (Å²) in [6.45, 7) is 8.10. The van der Waals surface area contributed by atoms with E-state index in [0.29, 0.717) is 19.5 Å². The van der Waals surface area contributed by atoms with Crippen molar-refractivity contribution in [3.05, 3.63) is 71.8 Å². The lowest BCUT2D eigenvalue weighted by atomic mass is 10.0. The number of alkyl carbamates (subject to hydrolysis) is 2. The lowest BCUT2D eigenvalue weighted by Crippen LogP contribution is -2.51. The molecule has 0 fully saturated rings. The van der Waals surface area contributed by atoms with Gasteiger partial charge in [-0.1, -0.05) is 88.4 Å². The first kappa shape index (κ1) is 31.1. The molecule has 0 aliphatic carbocycles. The topological polar surface area (TPSA) is 135 Å². The first-order valence-corrected chi connectivity index (χ1v) is 13.2. The van der Waals surface area contributed by atoms with Crippen LogP contribution in [0.5, 0.6) is 0 Å². The number of ether oxygens (including phenoxy) is 2.